The summed E-state index contributed by atoms with van der Waals surface area (Å²) in [4.78, 5) is 24.9. The van der Waals surface area contributed by atoms with E-state index >= 15 is 0 Å². The van der Waals surface area contributed by atoms with Crippen LogP contribution in [-0.4, -0.2) is 39.4 Å². The number of nitrogens with zero attached hydrogens (tertiary/aromatic N) is 3. The molecule has 0 aliphatic carbocycles. The van der Waals surface area contributed by atoms with Crippen LogP contribution in [0.15, 0.2) is 53.7 Å². The fraction of sp³-hybridized carbons (Fsp3) is 0.273. The first-order valence-corrected chi connectivity index (χ1v) is 11.3. The van der Waals surface area contributed by atoms with Crippen LogP contribution in [0.25, 0.3) is 0 Å². The molecule has 0 aliphatic rings. The molecule has 0 saturated heterocycles. The van der Waals surface area contributed by atoms with Crippen molar-refractivity contribution in [3.8, 4) is 5.75 Å². The lowest BCUT2D eigenvalue weighted by molar-refractivity contribution is -0.113. The minimum absolute atomic E-state index is 0.167. The summed E-state index contributed by atoms with van der Waals surface area (Å²) in [5.74, 6) is 1.05. The van der Waals surface area contributed by atoms with Crippen LogP contribution in [0.1, 0.15) is 36.1 Å². The van der Waals surface area contributed by atoms with Crippen LogP contribution in [0.5, 0.6) is 5.75 Å². The quantitative estimate of drug-likeness (QED) is 0.452. The molecule has 1 heterocycles. The maximum atomic E-state index is 12.5. The average Bonchev–Trinajstić information content (AvgIpc) is 3.21. The van der Waals surface area contributed by atoms with Crippen LogP contribution >= 0.6 is 23.4 Å². The Labute approximate surface area is 195 Å². The molecular weight excluding hydrogens is 450 g/mol. The largest absolute Gasteiger partial charge is 0.497 e. The minimum Gasteiger partial charge on any atom is -0.497 e. The molecule has 0 unspecified atom stereocenters. The molecule has 0 fully saturated rings. The zero-order valence-electron chi connectivity index (χ0n) is 18.0. The Morgan fingerprint density at radius 2 is 1.94 bits per heavy atom. The van der Waals surface area contributed by atoms with Crippen molar-refractivity contribution in [2.75, 3.05) is 18.2 Å². The van der Waals surface area contributed by atoms with Crippen LogP contribution in [0, 0.1) is 0 Å². The number of ether oxygens (including phenoxy) is 1. The lowest BCUT2D eigenvalue weighted by Crippen LogP contribution is -2.28. The van der Waals surface area contributed by atoms with Gasteiger partial charge in [-0.1, -0.05) is 29.4 Å². The lowest BCUT2D eigenvalue weighted by Gasteiger charge is -2.15. The van der Waals surface area contributed by atoms with Gasteiger partial charge >= 0.3 is 0 Å². The number of amides is 2. The summed E-state index contributed by atoms with van der Waals surface area (Å²) in [5, 5.41) is 15.4. The number of carbonyl (C=O) groups excluding carboxylic acids is 2. The normalized spacial score (nSPS) is 11.6. The molecule has 10 heteroatoms. The number of rotatable bonds is 9. The van der Waals surface area contributed by atoms with Crippen LogP contribution in [0.2, 0.25) is 5.02 Å². The maximum Gasteiger partial charge on any atom is 0.251 e. The highest BCUT2D eigenvalue weighted by molar-refractivity contribution is 7.99. The van der Waals surface area contributed by atoms with Gasteiger partial charge in [0.2, 0.25) is 5.91 Å². The van der Waals surface area contributed by atoms with E-state index in [2.05, 4.69) is 20.8 Å². The van der Waals surface area contributed by atoms with Crippen molar-refractivity contribution in [3.05, 3.63) is 64.9 Å². The predicted octanol–water partition coefficient (Wildman–Crippen LogP) is 4.18. The summed E-state index contributed by atoms with van der Waals surface area (Å²) in [6.45, 7) is 4.40. The fourth-order valence-corrected chi connectivity index (χ4v) is 3.93. The van der Waals surface area contributed by atoms with Crippen LogP contribution in [0.3, 0.4) is 0 Å². The molecule has 168 valence electrons. The number of anilines is 1. The van der Waals surface area contributed by atoms with E-state index in [0.717, 1.165) is 0 Å². The average molecular weight is 474 g/mol. The number of benzene rings is 2. The van der Waals surface area contributed by atoms with Gasteiger partial charge in [0.25, 0.3) is 5.91 Å². The Kier molecular flexibility index (Phi) is 8.13. The number of thioether (sulfide) groups is 1. The Bertz CT molecular complexity index is 1090. The van der Waals surface area contributed by atoms with Gasteiger partial charge < -0.3 is 19.9 Å². The molecule has 2 aromatic carbocycles. The van der Waals surface area contributed by atoms with E-state index in [4.69, 9.17) is 16.3 Å². The van der Waals surface area contributed by atoms with Crippen LogP contribution < -0.4 is 15.4 Å². The second kappa shape index (κ2) is 11.0. The summed E-state index contributed by atoms with van der Waals surface area (Å²) >= 11 is 7.16. The number of nitrogens with one attached hydrogen (secondary N) is 2. The number of aromatic nitrogens is 3. The van der Waals surface area contributed by atoms with Gasteiger partial charge in [-0.15, -0.1) is 10.2 Å². The van der Waals surface area contributed by atoms with E-state index in [1.807, 2.05) is 24.5 Å². The van der Waals surface area contributed by atoms with Gasteiger partial charge in [-0.25, -0.2) is 0 Å². The van der Waals surface area contributed by atoms with Crippen molar-refractivity contribution in [1.29, 1.82) is 0 Å². The molecule has 0 spiro atoms. The van der Waals surface area contributed by atoms with Crippen LogP contribution in [0.4, 0.5) is 5.69 Å². The second-order valence-corrected chi connectivity index (χ2v) is 8.23. The van der Waals surface area contributed by atoms with Crippen molar-refractivity contribution in [2.45, 2.75) is 31.6 Å². The molecule has 8 nitrogen and oxygen atoms in total. The summed E-state index contributed by atoms with van der Waals surface area (Å²) < 4.78 is 7.05. The van der Waals surface area contributed by atoms with Gasteiger partial charge in [0.05, 0.1) is 18.9 Å². The van der Waals surface area contributed by atoms with E-state index in [-0.39, 0.29) is 23.6 Å². The van der Waals surface area contributed by atoms with Crippen molar-refractivity contribution in [3.63, 3.8) is 0 Å². The van der Waals surface area contributed by atoms with Gasteiger partial charge in [0, 0.05) is 28.9 Å². The first-order chi connectivity index (χ1) is 15.4. The summed E-state index contributed by atoms with van der Waals surface area (Å²) in [6.07, 6.45) is 0. The van der Waals surface area contributed by atoms with E-state index in [1.165, 1.54) is 11.8 Å². The SMILES string of the molecule is CCn1c(SCC(=O)Nc2cccc(OC)c2)nnc1[C@H](C)NC(=O)c1ccc(Cl)cc1. The Balaban J connectivity index is 1.61. The third kappa shape index (κ3) is 6.02. The van der Waals surface area contributed by atoms with Crippen LogP contribution in [-0.2, 0) is 11.3 Å². The van der Waals surface area contributed by atoms with E-state index in [0.29, 0.717) is 39.5 Å². The molecule has 32 heavy (non-hydrogen) atoms. The van der Waals surface area contributed by atoms with Crippen molar-refractivity contribution < 1.29 is 14.3 Å². The van der Waals surface area contributed by atoms with E-state index in [1.54, 1.807) is 49.6 Å². The number of halogens is 1. The molecule has 0 bridgehead atoms. The summed E-state index contributed by atoms with van der Waals surface area (Å²) in [5.41, 5.74) is 1.17. The van der Waals surface area contributed by atoms with Crippen molar-refractivity contribution in [1.82, 2.24) is 20.1 Å². The molecule has 0 radical (unpaired) electrons. The third-order valence-corrected chi connectivity index (χ3v) is 5.81. The van der Waals surface area contributed by atoms with Gasteiger partial charge in [-0.2, -0.15) is 0 Å². The van der Waals surface area contributed by atoms with E-state index < -0.39 is 0 Å². The number of hydrogen-bond donors (Lipinski definition) is 2. The first-order valence-electron chi connectivity index (χ1n) is 9.97. The molecule has 3 rings (SSSR count). The number of carbonyl (C=O) groups is 2. The zero-order chi connectivity index (χ0) is 23.1. The van der Waals surface area contributed by atoms with Crippen molar-refractivity contribution in [2.24, 2.45) is 0 Å². The predicted molar refractivity (Wildman–Crippen MR) is 125 cm³/mol. The minimum atomic E-state index is -0.370. The molecule has 2 amide bonds. The monoisotopic (exact) mass is 473 g/mol. The Morgan fingerprint density at radius 3 is 2.62 bits per heavy atom. The van der Waals surface area contributed by atoms with Crippen molar-refractivity contribution >= 4 is 40.9 Å². The molecule has 1 aromatic heterocycles. The Morgan fingerprint density at radius 1 is 1.19 bits per heavy atom. The van der Waals surface area contributed by atoms with E-state index in [9.17, 15) is 9.59 Å². The van der Waals surface area contributed by atoms with Gasteiger partial charge in [-0.3, -0.25) is 9.59 Å². The molecule has 0 saturated carbocycles. The van der Waals surface area contributed by atoms with Gasteiger partial charge in [0.15, 0.2) is 11.0 Å². The van der Waals surface area contributed by atoms with Gasteiger partial charge in [0.1, 0.15) is 5.75 Å². The molecule has 0 aliphatic heterocycles. The lowest BCUT2D eigenvalue weighted by atomic mass is 10.2. The maximum absolute atomic E-state index is 12.5. The smallest absolute Gasteiger partial charge is 0.251 e. The second-order valence-electron chi connectivity index (χ2n) is 6.86. The molecule has 3 aromatic rings. The fourth-order valence-electron chi connectivity index (χ4n) is 3.00. The molecule has 2 N–H and O–H groups in total. The first kappa shape index (κ1) is 23.6. The Hall–Kier alpha value is -3.04. The standard InChI is InChI=1S/C22H24ClN5O3S/c1-4-28-20(14(2)24-21(30)15-8-10-16(23)11-9-15)26-27-22(28)32-13-19(29)25-17-6-5-7-18(12-17)31-3/h5-12,14H,4,13H2,1-3H3,(H,24,30)(H,25,29)/t14-/m0/s1. The highest BCUT2D eigenvalue weighted by Crippen LogP contribution is 2.22. The van der Waals surface area contributed by atoms with Gasteiger partial charge in [-0.05, 0) is 50.2 Å². The number of methoxy groups -OCH3 is 1. The molecule has 1 atom stereocenters. The number of hydrogen-bond acceptors (Lipinski definition) is 6. The zero-order valence-corrected chi connectivity index (χ0v) is 19.5. The highest BCUT2D eigenvalue weighted by Gasteiger charge is 2.20. The summed E-state index contributed by atoms with van der Waals surface area (Å²) in [6, 6.07) is 13.5. The third-order valence-electron chi connectivity index (χ3n) is 4.59. The molecular formula is C22H24ClN5O3S. The summed E-state index contributed by atoms with van der Waals surface area (Å²) in [7, 11) is 1.57. The topological polar surface area (TPSA) is 98.1 Å². The highest BCUT2D eigenvalue weighted by atomic mass is 35.5.